The van der Waals surface area contributed by atoms with E-state index < -0.39 is 0 Å². The van der Waals surface area contributed by atoms with Gasteiger partial charge in [-0.2, -0.15) is 0 Å². The molecular formula is C20H20Cl2N2O. The fourth-order valence-corrected chi connectivity index (χ4v) is 4.37. The maximum atomic E-state index is 13.3. The number of rotatable bonds is 2. The number of hydrogen-bond donors (Lipinski definition) is 1. The van der Waals surface area contributed by atoms with Crippen LogP contribution in [-0.2, 0) is 0 Å². The van der Waals surface area contributed by atoms with Gasteiger partial charge in [-0.05, 0) is 31.0 Å². The van der Waals surface area contributed by atoms with E-state index in [-0.39, 0.29) is 18.1 Å². The van der Waals surface area contributed by atoms with Crippen LogP contribution in [0.3, 0.4) is 0 Å². The number of anilines is 1. The number of halogens is 2. The summed E-state index contributed by atoms with van der Waals surface area (Å²) in [5, 5.41) is 4.54. The first kappa shape index (κ1) is 16.7. The van der Waals surface area contributed by atoms with E-state index in [1.807, 2.05) is 41.3 Å². The monoisotopic (exact) mass is 374 g/mol. The van der Waals surface area contributed by atoms with E-state index in [0.717, 1.165) is 42.5 Å². The molecule has 4 rings (SSSR count). The van der Waals surface area contributed by atoms with Gasteiger partial charge in [0.15, 0.2) is 0 Å². The van der Waals surface area contributed by atoms with Crippen LogP contribution in [0.15, 0.2) is 42.5 Å². The summed E-state index contributed by atoms with van der Waals surface area (Å²) < 4.78 is 0. The van der Waals surface area contributed by atoms with Crippen molar-refractivity contribution in [2.45, 2.75) is 44.3 Å². The van der Waals surface area contributed by atoms with E-state index in [1.165, 1.54) is 6.42 Å². The van der Waals surface area contributed by atoms with Crippen LogP contribution in [0.25, 0.3) is 0 Å². The van der Waals surface area contributed by atoms with Crippen LogP contribution in [0.4, 0.5) is 5.69 Å². The Morgan fingerprint density at radius 3 is 2.52 bits per heavy atom. The van der Waals surface area contributed by atoms with Crippen molar-refractivity contribution in [3.05, 3.63) is 63.6 Å². The number of fused-ring (bicyclic) bond motifs is 1. The van der Waals surface area contributed by atoms with E-state index in [4.69, 9.17) is 23.2 Å². The summed E-state index contributed by atoms with van der Waals surface area (Å²) in [5.74, 6) is 0.0716. The minimum absolute atomic E-state index is 0.0716. The molecule has 1 aliphatic heterocycles. The molecule has 2 aromatic rings. The Bertz CT molecular complexity index is 802. The molecule has 0 saturated heterocycles. The van der Waals surface area contributed by atoms with Gasteiger partial charge in [-0.15, -0.1) is 0 Å². The molecule has 0 bridgehead atoms. The number of nitrogens with one attached hydrogen (secondary N) is 1. The lowest BCUT2D eigenvalue weighted by atomic mass is 9.91. The zero-order valence-electron chi connectivity index (χ0n) is 13.8. The highest BCUT2D eigenvalue weighted by molar-refractivity contribution is 6.42. The quantitative estimate of drug-likeness (QED) is 0.710. The van der Waals surface area contributed by atoms with Gasteiger partial charge in [-0.3, -0.25) is 4.79 Å². The number of nitrogens with zero attached hydrogens (tertiary/aromatic N) is 1. The summed E-state index contributed by atoms with van der Waals surface area (Å²) in [5.41, 5.74) is 2.42. The Kier molecular flexibility index (Phi) is 4.61. The van der Waals surface area contributed by atoms with Crippen LogP contribution in [0.1, 0.15) is 54.2 Å². The molecule has 3 nitrogen and oxygen atoms in total. The van der Waals surface area contributed by atoms with Crippen molar-refractivity contribution >= 4 is 34.8 Å². The molecular weight excluding hydrogens is 355 g/mol. The van der Waals surface area contributed by atoms with Gasteiger partial charge in [0.05, 0.1) is 15.6 Å². The van der Waals surface area contributed by atoms with Crippen LogP contribution in [0.5, 0.6) is 0 Å². The van der Waals surface area contributed by atoms with E-state index in [9.17, 15) is 4.79 Å². The predicted molar refractivity (Wildman–Crippen MR) is 102 cm³/mol. The highest BCUT2D eigenvalue weighted by atomic mass is 35.5. The summed E-state index contributed by atoms with van der Waals surface area (Å²) in [6, 6.07) is 13.5. The largest absolute Gasteiger partial charge is 0.361 e. The van der Waals surface area contributed by atoms with Crippen molar-refractivity contribution in [1.29, 1.82) is 0 Å². The Morgan fingerprint density at radius 1 is 0.960 bits per heavy atom. The minimum Gasteiger partial charge on any atom is -0.361 e. The average molecular weight is 375 g/mol. The van der Waals surface area contributed by atoms with Crippen molar-refractivity contribution in [1.82, 2.24) is 4.90 Å². The molecule has 2 aliphatic rings. The lowest BCUT2D eigenvalue weighted by Gasteiger charge is -2.44. The van der Waals surface area contributed by atoms with Gasteiger partial charge in [0.2, 0.25) is 0 Å². The second-order valence-electron chi connectivity index (χ2n) is 6.74. The van der Waals surface area contributed by atoms with E-state index in [0.29, 0.717) is 10.0 Å². The SMILES string of the molecule is O=C1c2ccccc2NC(c2cccc(Cl)c2Cl)N1C1CCCCC1. The molecule has 1 aliphatic carbocycles. The molecule has 1 heterocycles. The molecule has 2 aromatic carbocycles. The first-order chi connectivity index (χ1) is 12.2. The molecule has 0 radical (unpaired) electrons. The summed E-state index contributed by atoms with van der Waals surface area (Å²) in [7, 11) is 0. The number of hydrogen-bond acceptors (Lipinski definition) is 2. The van der Waals surface area contributed by atoms with Crippen LogP contribution >= 0.6 is 23.2 Å². The third-order valence-corrected chi connectivity index (χ3v) is 6.04. The minimum atomic E-state index is -0.295. The molecule has 0 spiro atoms. The molecule has 1 fully saturated rings. The van der Waals surface area contributed by atoms with Gasteiger partial charge >= 0.3 is 0 Å². The standard InChI is InChI=1S/C20H20Cl2N2O/c21-16-11-6-10-15(18(16)22)19-23-17-12-5-4-9-14(17)20(25)24(19)13-7-2-1-3-8-13/h4-6,9-13,19,23H,1-3,7-8H2. The molecule has 130 valence electrons. The van der Waals surface area contributed by atoms with Crippen LogP contribution < -0.4 is 5.32 Å². The van der Waals surface area contributed by atoms with E-state index in [1.54, 1.807) is 6.07 Å². The topological polar surface area (TPSA) is 32.3 Å². The fraction of sp³-hybridized carbons (Fsp3) is 0.350. The second-order valence-corrected chi connectivity index (χ2v) is 7.52. The molecule has 1 unspecified atom stereocenters. The third kappa shape index (κ3) is 3.00. The molecule has 1 amide bonds. The van der Waals surface area contributed by atoms with Crippen molar-refractivity contribution in [3.8, 4) is 0 Å². The molecule has 5 heteroatoms. The number of carbonyl (C=O) groups excluding carboxylic acids is 1. The fourth-order valence-electron chi connectivity index (χ4n) is 3.96. The van der Waals surface area contributed by atoms with Crippen molar-refractivity contribution in [2.75, 3.05) is 5.32 Å². The Labute approximate surface area is 157 Å². The first-order valence-electron chi connectivity index (χ1n) is 8.79. The van der Waals surface area contributed by atoms with Crippen LogP contribution in [-0.4, -0.2) is 16.8 Å². The van der Waals surface area contributed by atoms with Crippen LogP contribution in [0, 0.1) is 0 Å². The van der Waals surface area contributed by atoms with E-state index >= 15 is 0 Å². The highest BCUT2D eigenvalue weighted by Crippen LogP contribution is 2.41. The molecule has 25 heavy (non-hydrogen) atoms. The maximum absolute atomic E-state index is 13.3. The van der Waals surface area contributed by atoms with Gasteiger partial charge in [0, 0.05) is 17.3 Å². The van der Waals surface area contributed by atoms with Crippen molar-refractivity contribution in [3.63, 3.8) is 0 Å². The van der Waals surface area contributed by atoms with Gasteiger partial charge in [0.1, 0.15) is 6.17 Å². The number of carbonyl (C=O) groups is 1. The molecule has 1 N–H and O–H groups in total. The zero-order valence-corrected chi connectivity index (χ0v) is 15.4. The lowest BCUT2D eigenvalue weighted by Crippen LogP contribution is -2.49. The summed E-state index contributed by atoms with van der Waals surface area (Å²) in [6.45, 7) is 0. The second kappa shape index (κ2) is 6.89. The van der Waals surface area contributed by atoms with Crippen molar-refractivity contribution in [2.24, 2.45) is 0 Å². The number of amides is 1. The van der Waals surface area contributed by atoms with Gasteiger partial charge < -0.3 is 10.2 Å². The summed E-state index contributed by atoms with van der Waals surface area (Å²) in [4.78, 5) is 15.3. The smallest absolute Gasteiger partial charge is 0.258 e. The van der Waals surface area contributed by atoms with Crippen molar-refractivity contribution < 1.29 is 4.79 Å². The molecule has 0 aromatic heterocycles. The Balaban J connectivity index is 1.81. The summed E-state index contributed by atoms with van der Waals surface area (Å²) >= 11 is 12.7. The zero-order chi connectivity index (χ0) is 17.4. The predicted octanol–water partition coefficient (Wildman–Crippen LogP) is 5.89. The Hall–Kier alpha value is -1.71. The lowest BCUT2D eigenvalue weighted by molar-refractivity contribution is 0.0524. The average Bonchev–Trinajstić information content (AvgIpc) is 2.65. The Morgan fingerprint density at radius 2 is 1.72 bits per heavy atom. The van der Waals surface area contributed by atoms with Gasteiger partial charge in [-0.1, -0.05) is 66.7 Å². The normalized spacial score (nSPS) is 21.0. The number of benzene rings is 2. The first-order valence-corrected chi connectivity index (χ1v) is 9.54. The highest BCUT2D eigenvalue weighted by Gasteiger charge is 2.38. The van der Waals surface area contributed by atoms with E-state index in [2.05, 4.69) is 5.32 Å². The molecule has 1 saturated carbocycles. The molecule has 1 atom stereocenters. The van der Waals surface area contributed by atoms with Gasteiger partial charge in [0.25, 0.3) is 5.91 Å². The summed E-state index contributed by atoms with van der Waals surface area (Å²) in [6.07, 6.45) is 5.33. The number of para-hydroxylation sites is 1. The third-order valence-electron chi connectivity index (χ3n) is 5.21. The maximum Gasteiger partial charge on any atom is 0.258 e. The van der Waals surface area contributed by atoms with Crippen LogP contribution in [0.2, 0.25) is 10.0 Å². The van der Waals surface area contributed by atoms with Gasteiger partial charge in [-0.25, -0.2) is 0 Å².